The molecule has 0 bridgehead atoms. The van der Waals surface area contributed by atoms with E-state index in [1.807, 2.05) is 102 Å². The van der Waals surface area contributed by atoms with Crippen LogP contribution in [0.2, 0.25) is 0 Å². The number of benzene rings is 10. The number of hydrogen-bond donors (Lipinski definition) is 0. The zero-order valence-electron chi connectivity index (χ0n) is 34.6. The molecule has 2 heterocycles. The van der Waals surface area contributed by atoms with Crippen molar-refractivity contribution in [3.8, 4) is 55.6 Å². The van der Waals surface area contributed by atoms with E-state index in [-0.39, 0.29) is 5.82 Å². The molecule has 0 aliphatic rings. The van der Waals surface area contributed by atoms with Gasteiger partial charge in [0.15, 0.2) is 0 Å². The average Bonchev–Trinajstić information content (AvgIpc) is 3.94. The van der Waals surface area contributed by atoms with E-state index in [1.165, 1.54) is 62.6 Å². The minimum Gasteiger partial charge on any atom is -0.307 e. The molecule has 0 radical (unpaired) electrons. The summed E-state index contributed by atoms with van der Waals surface area (Å²) >= 11 is 3.72. The van der Waals surface area contributed by atoms with Crippen molar-refractivity contribution in [2.45, 2.75) is 0 Å². The van der Waals surface area contributed by atoms with Crippen LogP contribution >= 0.6 is 22.7 Å². The SMILES string of the molecule is Fc1cc(-c2ccccc2)cc(-c2ccccc2)c1N(c1ccccc1)c1ccc(-c2cc(-c3cccc4c3sc3ccccc34)cc(-c3cccc4c3sc3ccccc34)c2)cc1. The summed E-state index contributed by atoms with van der Waals surface area (Å²) < 4.78 is 22.3. The predicted molar refractivity (Wildman–Crippen MR) is 274 cm³/mol. The fraction of sp³-hybridized carbons (Fsp3) is 0. The van der Waals surface area contributed by atoms with Gasteiger partial charge in [-0.3, -0.25) is 0 Å². The van der Waals surface area contributed by atoms with E-state index in [1.54, 1.807) is 6.07 Å². The molecule has 302 valence electrons. The van der Waals surface area contributed by atoms with Gasteiger partial charge in [0.05, 0.1) is 5.69 Å². The smallest absolute Gasteiger partial charge is 0.148 e. The van der Waals surface area contributed by atoms with Gasteiger partial charge in [0.1, 0.15) is 5.82 Å². The number of rotatable bonds is 8. The molecule has 12 rings (SSSR count). The molecule has 1 nitrogen and oxygen atoms in total. The topological polar surface area (TPSA) is 3.24 Å². The first-order valence-corrected chi connectivity index (χ1v) is 23.1. The summed E-state index contributed by atoms with van der Waals surface area (Å²) in [6, 6.07) is 80.6. The summed E-state index contributed by atoms with van der Waals surface area (Å²) in [5.74, 6) is -0.295. The quantitative estimate of drug-likeness (QED) is 0.147. The van der Waals surface area contributed by atoms with Gasteiger partial charge in [-0.25, -0.2) is 4.39 Å². The Kier molecular flexibility index (Phi) is 9.48. The van der Waals surface area contributed by atoms with Crippen LogP contribution in [0.25, 0.3) is 96.0 Å². The third kappa shape index (κ3) is 6.67. The maximum Gasteiger partial charge on any atom is 0.148 e. The lowest BCUT2D eigenvalue weighted by Gasteiger charge is -2.29. The van der Waals surface area contributed by atoms with Gasteiger partial charge in [0.25, 0.3) is 0 Å². The predicted octanol–water partition coefficient (Wildman–Crippen LogP) is 18.4. The summed E-state index contributed by atoms with van der Waals surface area (Å²) in [5, 5.41) is 5.13. The first-order chi connectivity index (χ1) is 31.6. The molecule has 0 aliphatic carbocycles. The maximum absolute atomic E-state index is 17.2. The van der Waals surface area contributed by atoms with Gasteiger partial charge in [-0.15, -0.1) is 22.7 Å². The van der Waals surface area contributed by atoms with Gasteiger partial charge >= 0.3 is 0 Å². The van der Waals surface area contributed by atoms with Crippen molar-refractivity contribution in [2.24, 2.45) is 0 Å². The number of thiophene rings is 2. The lowest BCUT2D eigenvalue weighted by Crippen LogP contribution is -2.13. The van der Waals surface area contributed by atoms with Crippen LogP contribution in [-0.2, 0) is 0 Å². The fourth-order valence-corrected chi connectivity index (χ4v) is 11.8. The molecular weight excluding hydrogens is 818 g/mol. The standard InChI is InChI=1S/C60H38FNS2/c61-55-38-43(39-16-4-1-5-17-39)37-54(41-18-6-2-7-19-41)58(55)62(46-20-8-3-9-21-46)47-32-30-40(31-33-47)42-34-44(48-24-14-26-52-50-22-10-12-28-56(50)63-59(48)52)36-45(35-42)49-25-15-27-53-51-23-11-13-29-57(51)64-60(49)53/h1-38H. The van der Waals surface area contributed by atoms with Crippen LogP contribution in [0.3, 0.4) is 0 Å². The Bertz CT molecular complexity index is 3530. The lowest BCUT2D eigenvalue weighted by atomic mass is 9.92. The second-order valence-electron chi connectivity index (χ2n) is 16.2. The molecule has 0 saturated carbocycles. The van der Waals surface area contributed by atoms with Gasteiger partial charge in [-0.1, -0.05) is 164 Å². The summed E-state index contributed by atoms with van der Waals surface area (Å²) in [4.78, 5) is 2.06. The second-order valence-corrected chi connectivity index (χ2v) is 18.3. The minimum absolute atomic E-state index is 0.295. The Hall–Kier alpha value is -7.63. The zero-order valence-corrected chi connectivity index (χ0v) is 36.2. The van der Waals surface area contributed by atoms with Crippen molar-refractivity contribution < 1.29 is 4.39 Å². The van der Waals surface area contributed by atoms with E-state index in [2.05, 4.69) is 150 Å². The third-order valence-corrected chi connectivity index (χ3v) is 14.8. The Balaban J connectivity index is 1.04. The van der Waals surface area contributed by atoms with Crippen LogP contribution in [0, 0.1) is 5.82 Å². The molecule has 0 unspecified atom stereocenters. The number of anilines is 3. The van der Waals surface area contributed by atoms with E-state index >= 15 is 4.39 Å². The van der Waals surface area contributed by atoms with E-state index < -0.39 is 0 Å². The van der Waals surface area contributed by atoms with Crippen LogP contribution in [0.1, 0.15) is 0 Å². The normalized spacial score (nSPS) is 11.5. The van der Waals surface area contributed by atoms with Gasteiger partial charge in [0.2, 0.25) is 0 Å². The van der Waals surface area contributed by atoms with Crippen LogP contribution in [0.4, 0.5) is 21.5 Å². The molecule has 10 aromatic carbocycles. The number of nitrogens with zero attached hydrogens (tertiary/aromatic N) is 1. The Morgan fingerprint density at radius 2 is 0.734 bits per heavy atom. The van der Waals surface area contributed by atoms with Gasteiger partial charge in [-0.05, 0) is 117 Å². The maximum atomic E-state index is 17.2. The molecule has 0 amide bonds. The molecule has 0 atom stereocenters. The average molecular weight is 856 g/mol. The molecule has 64 heavy (non-hydrogen) atoms. The van der Waals surface area contributed by atoms with Crippen molar-refractivity contribution in [1.82, 2.24) is 0 Å². The van der Waals surface area contributed by atoms with Crippen LogP contribution in [0.5, 0.6) is 0 Å². The highest BCUT2D eigenvalue weighted by atomic mass is 32.1. The van der Waals surface area contributed by atoms with Gasteiger partial charge < -0.3 is 4.90 Å². The molecule has 4 heteroatoms. The highest BCUT2D eigenvalue weighted by Crippen LogP contribution is 2.47. The zero-order chi connectivity index (χ0) is 42.6. The minimum atomic E-state index is -0.295. The van der Waals surface area contributed by atoms with Crippen LogP contribution in [-0.4, -0.2) is 0 Å². The highest BCUT2D eigenvalue weighted by molar-refractivity contribution is 7.26. The summed E-state index contributed by atoms with van der Waals surface area (Å²) in [6.45, 7) is 0. The summed E-state index contributed by atoms with van der Waals surface area (Å²) in [5.41, 5.74) is 12.8. The molecule has 0 spiro atoms. The third-order valence-electron chi connectivity index (χ3n) is 12.3. The number of fused-ring (bicyclic) bond motifs is 6. The Morgan fingerprint density at radius 3 is 1.31 bits per heavy atom. The van der Waals surface area contributed by atoms with Crippen molar-refractivity contribution in [3.63, 3.8) is 0 Å². The summed E-state index contributed by atoms with van der Waals surface area (Å²) in [6.07, 6.45) is 0. The molecular formula is C60H38FNS2. The molecule has 0 saturated heterocycles. The van der Waals surface area contributed by atoms with Crippen LogP contribution in [0.15, 0.2) is 231 Å². The van der Waals surface area contributed by atoms with Crippen molar-refractivity contribution >= 4 is 80.1 Å². The molecule has 0 fully saturated rings. The van der Waals surface area contributed by atoms with Crippen molar-refractivity contribution in [3.05, 3.63) is 236 Å². The number of hydrogen-bond acceptors (Lipinski definition) is 3. The molecule has 2 aromatic heterocycles. The van der Waals surface area contributed by atoms with E-state index in [0.717, 1.165) is 44.8 Å². The largest absolute Gasteiger partial charge is 0.307 e. The molecule has 12 aromatic rings. The van der Waals surface area contributed by atoms with E-state index in [0.29, 0.717) is 5.69 Å². The number of halogens is 1. The van der Waals surface area contributed by atoms with E-state index in [4.69, 9.17) is 0 Å². The van der Waals surface area contributed by atoms with Crippen LogP contribution < -0.4 is 4.90 Å². The summed E-state index contributed by atoms with van der Waals surface area (Å²) in [7, 11) is 0. The fourth-order valence-electron chi connectivity index (χ4n) is 9.30. The van der Waals surface area contributed by atoms with Crippen molar-refractivity contribution in [2.75, 3.05) is 4.90 Å². The highest BCUT2D eigenvalue weighted by Gasteiger charge is 2.23. The van der Waals surface area contributed by atoms with Gasteiger partial charge in [-0.2, -0.15) is 0 Å². The lowest BCUT2D eigenvalue weighted by molar-refractivity contribution is 0.630. The molecule has 0 aliphatic heterocycles. The first-order valence-electron chi connectivity index (χ1n) is 21.5. The Labute approximate surface area is 379 Å². The van der Waals surface area contributed by atoms with Gasteiger partial charge in [0, 0.05) is 57.3 Å². The number of para-hydroxylation sites is 1. The monoisotopic (exact) mass is 855 g/mol. The Morgan fingerprint density at radius 1 is 0.297 bits per heavy atom. The molecule has 0 N–H and O–H groups in total. The first kappa shape index (κ1) is 38.1. The second kappa shape index (κ2) is 15.9. The van der Waals surface area contributed by atoms with E-state index in [9.17, 15) is 0 Å². The van der Waals surface area contributed by atoms with Crippen molar-refractivity contribution in [1.29, 1.82) is 0 Å².